The number of ether oxygens (including phenoxy) is 1. The van der Waals surface area contributed by atoms with Crippen LogP contribution < -0.4 is 15.8 Å². The third-order valence-electron chi connectivity index (χ3n) is 2.22. The monoisotopic (exact) mass is 258 g/mol. The molecule has 1 aromatic rings. The minimum Gasteiger partial charge on any atom is -0.435 e. The lowest BCUT2D eigenvalue weighted by Crippen LogP contribution is -2.37. The van der Waals surface area contributed by atoms with Gasteiger partial charge in [0, 0.05) is 6.04 Å². The third-order valence-corrected chi connectivity index (χ3v) is 2.22. The molecule has 0 saturated carbocycles. The second-order valence-electron chi connectivity index (χ2n) is 4.10. The molecule has 0 aromatic heterocycles. The normalized spacial score (nSPS) is 12.8. The SMILES string of the molecule is CC(C)NC(C(N)=O)c1ccc(OC(F)F)cc1. The van der Waals surface area contributed by atoms with E-state index in [9.17, 15) is 13.6 Å². The molecule has 1 atom stereocenters. The zero-order valence-electron chi connectivity index (χ0n) is 10.2. The lowest BCUT2D eigenvalue weighted by Gasteiger charge is -2.18. The Balaban J connectivity index is 2.83. The van der Waals surface area contributed by atoms with Gasteiger partial charge in [0.25, 0.3) is 0 Å². The van der Waals surface area contributed by atoms with E-state index in [1.165, 1.54) is 24.3 Å². The first kappa shape index (κ1) is 14.4. The van der Waals surface area contributed by atoms with E-state index in [1.807, 2.05) is 13.8 Å². The van der Waals surface area contributed by atoms with Crippen LogP contribution in [0.4, 0.5) is 8.78 Å². The van der Waals surface area contributed by atoms with E-state index >= 15 is 0 Å². The Hall–Kier alpha value is -1.69. The molecule has 6 heteroatoms. The van der Waals surface area contributed by atoms with Gasteiger partial charge in [-0.3, -0.25) is 10.1 Å². The first-order valence-corrected chi connectivity index (χ1v) is 5.50. The van der Waals surface area contributed by atoms with E-state index in [2.05, 4.69) is 10.1 Å². The Bertz CT molecular complexity index is 394. The minimum atomic E-state index is -2.86. The number of hydrogen-bond donors (Lipinski definition) is 2. The number of carbonyl (C=O) groups is 1. The number of rotatable bonds is 6. The fourth-order valence-electron chi connectivity index (χ4n) is 1.52. The van der Waals surface area contributed by atoms with Crippen LogP contribution in [0.5, 0.6) is 5.75 Å². The van der Waals surface area contributed by atoms with Crippen LogP contribution in [-0.4, -0.2) is 18.6 Å². The summed E-state index contributed by atoms with van der Waals surface area (Å²) in [5.74, 6) is -0.479. The number of halogens is 2. The molecule has 0 fully saturated rings. The molecule has 18 heavy (non-hydrogen) atoms. The van der Waals surface area contributed by atoms with Gasteiger partial charge in [0.2, 0.25) is 5.91 Å². The molecule has 0 heterocycles. The predicted molar refractivity (Wildman–Crippen MR) is 63.3 cm³/mol. The van der Waals surface area contributed by atoms with Crippen LogP contribution in [0, 0.1) is 0 Å². The van der Waals surface area contributed by atoms with Gasteiger partial charge in [0.1, 0.15) is 11.8 Å². The summed E-state index contributed by atoms with van der Waals surface area (Å²) in [6.45, 7) is 0.894. The van der Waals surface area contributed by atoms with Crippen molar-refractivity contribution >= 4 is 5.91 Å². The summed E-state index contributed by atoms with van der Waals surface area (Å²) >= 11 is 0. The summed E-state index contributed by atoms with van der Waals surface area (Å²) in [5, 5.41) is 2.99. The third kappa shape index (κ3) is 4.29. The number of hydrogen-bond acceptors (Lipinski definition) is 3. The van der Waals surface area contributed by atoms with E-state index in [4.69, 9.17) is 5.73 Å². The van der Waals surface area contributed by atoms with Crippen molar-refractivity contribution < 1.29 is 18.3 Å². The zero-order chi connectivity index (χ0) is 13.7. The minimum absolute atomic E-state index is 0.0431. The fourth-order valence-corrected chi connectivity index (χ4v) is 1.52. The maximum Gasteiger partial charge on any atom is 0.387 e. The number of amides is 1. The lowest BCUT2D eigenvalue weighted by molar-refractivity contribution is -0.120. The maximum absolute atomic E-state index is 12.0. The average Bonchev–Trinajstić information content (AvgIpc) is 2.26. The van der Waals surface area contributed by atoms with Gasteiger partial charge in [-0.1, -0.05) is 12.1 Å². The fraction of sp³-hybridized carbons (Fsp3) is 0.417. The molecular weight excluding hydrogens is 242 g/mol. The number of nitrogens with two attached hydrogens (primary N) is 1. The number of carbonyl (C=O) groups excluding carboxylic acids is 1. The molecule has 100 valence electrons. The molecule has 0 saturated heterocycles. The molecule has 0 aliphatic rings. The molecule has 3 N–H and O–H groups in total. The highest BCUT2D eigenvalue weighted by molar-refractivity contribution is 5.81. The molecule has 1 rings (SSSR count). The van der Waals surface area contributed by atoms with Crippen LogP contribution in [-0.2, 0) is 4.79 Å². The summed E-state index contributed by atoms with van der Waals surface area (Å²) < 4.78 is 28.2. The lowest BCUT2D eigenvalue weighted by atomic mass is 10.1. The van der Waals surface area contributed by atoms with Crippen LogP contribution in [0.2, 0.25) is 0 Å². The van der Waals surface area contributed by atoms with Crippen LogP contribution >= 0.6 is 0 Å². The Morgan fingerprint density at radius 2 is 1.83 bits per heavy atom. The van der Waals surface area contributed by atoms with Crippen LogP contribution in [0.15, 0.2) is 24.3 Å². The molecule has 0 radical (unpaired) electrons. The Kier molecular flexibility index (Phi) is 5.03. The summed E-state index contributed by atoms with van der Waals surface area (Å²) in [4.78, 5) is 11.3. The summed E-state index contributed by atoms with van der Waals surface area (Å²) in [5.41, 5.74) is 5.89. The van der Waals surface area contributed by atoms with E-state index < -0.39 is 18.6 Å². The summed E-state index contributed by atoms with van der Waals surface area (Å²) in [7, 11) is 0. The highest BCUT2D eigenvalue weighted by atomic mass is 19.3. The highest BCUT2D eigenvalue weighted by Crippen LogP contribution is 2.19. The standard InChI is InChI=1S/C12H16F2N2O2/c1-7(2)16-10(11(15)17)8-3-5-9(6-4-8)18-12(13)14/h3-7,10,12,16H,1-2H3,(H2,15,17). The second-order valence-corrected chi connectivity index (χ2v) is 4.10. The first-order valence-electron chi connectivity index (χ1n) is 5.50. The number of alkyl halides is 2. The largest absolute Gasteiger partial charge is 0.435 e. The maximum atomic E-state index is 12.0. The molecule has 1 aromatic carbocycles. The number of nitrogens with one attached hydrogen (secondary N) is 1. The number of primary amides is 1. The average molecular weight is 258 g/mol. The molecule has 1 amide bonds. The first-order chi connectivity index (χ1) is 8.40. The molecule has 0 spiro atoms. The Labute approximate surface area is 104 Å². The van der Waals surface area contributed by atoms with Crippen molar-refractivity contribution in [3.63, 3.8) is 0 Å². The topological polar surface area (TPSA) is 64.3 Å². The van der Waals surface area contributed by atoms with Crippen LogP contribution in [0.3, 0.4) is 0 Å². The number of benzene rings is 1. The van der Waals surface area contributed by atoms with Gasteiger partial charge >= 0.3 is 6.61 Å². The quantitative estimate of drug-likeness (QED) is 0.818. The van der Waals surface area contributed by atoms with Crippen LogP contribution in [0.25, 0.3) is 0 Å². The Morgan fingerprint density at radius 1 is 1.28 bits per heavy atom. The van der Waals surface area contributed by atoms with Gasteiger partial charge in [-0.05, 0) is 31.5 Å². The van der Waals surface area contributed by atoms with Crippen LogP contribution in [0.1, 0.15) is 25.5 Å². The van der Waals surface area contributed by atoms with E-state index in [0.29, 0.717) is 5.56 Å². The molecular formula is C12H16F2N2O2. The smallest absolute Gasteiger partial charge is 0.387 e. The van der Waals surface area contributed by atoms with Gasteiger partial charge in [-0.25, -0.2) is 0 Å². The molecule has 1 unspecified atom stereocenters. The van der Waals surface area contributed by atoms with Crippen molar-refractivity contribution in [2.45, 2.75) is 32.5 Å². The van der Waals surface area contributed by atoms with E-state index in [1.54, 1.807) is 0 Å². The molecule has 0 aliphatic heterocycles. The van der Waals surface area contributed by atoms with Crippen molar-refractivity contribution in [3.05, 3.63) is 29.8 Å². The van der Waals surface area contributed by atoms with Crippen molar-refractivity contribution in [1.29, 1.82) is 0 Å². The summed E-state index contributed by atoms with van der Waals surface area (Å²) in [6, 6.07) is 5.23. The highest BCUT2D eigenvalue weighted by Gasteiger charge is 2.18. The van der Waals surface area contributed by atoms with Gasteiger partial charge in [0.15, 0.2) is 0 Å². The molecule has 4 nitrogen and oxygen atoms in total. The van der Waals surface area contributed by atoms with Crippen molar-refractivity contribution in [3.8, 4) is 5.75 Å². The molecule has 0 bridgehead atoms. The van der Waals surface area contributed by atoms with Gasteiger partial charge in [-0.2, -0.15) is 8.78 Å². The van der Waals surface area contributed by atoms with Gasteiger partial charge < -0.3 is 10.5 Å². The zero-order valence-corrected chi connectivity index (χ0v) is 10.2. The Morgan fingerprint density at radius 3 is 2.22 bits per heavy atom. The van der Waals surface area contributed by atoms with Gasteiger partial charge in [0.05, 0.1) is 0 Å². The second kappa shape index (κ2) is 6.30. The predicted octanol–water partition coefficient (Wildman–Crippen LogP) is 1.81. The van der Waals surface area contributed by atoms with Crippen molar-refractivity contribution in [2.75, 3.05) is 0 Å². The van der Waals surface area contributed by atoms with E-state index in [-0.39, 0.29) is 11.8 Å². The van der Waals surface area contributed by atoms with Crippen molar-refractivity contribution in [1.82, 2.24) is 5.32 Å². The molecule has 0 aliphatic carbocycles. The van der Waals surface area contributed by atoms with E-state index in [0.717, 1.165) is 0 Å². The van der Waals surface area contributed by atoms with Crippen molar-refractivity contribution in [2.24, 2.45) is 5.73 Å². The van der Waals surface area contributed by atoms with Gasteiger partial charge in [-0.15, -0.1) is 0 Å². The summed E-state index contributed by atoms with van der Waals surface area (Å²) in [6.07, 6.45) is 0.